The molecule has 1 N–H and O–H groups in total. The van der Waals surface area contributed by atoms with Crippen molar-refractivity contribution in [1.82, 2.24) is 0 Å². The Morgan fingerprint density at radius 1 is 1.22 bits per heavy atom. The van der Waals surface area contributed by atoms with Gasteiger partial charge in [-0.15, -0.1) is 0 Å². The van der Waals surface area contributed by atoms with E-state index >= 15 is 0 Å². The number of aryl methyl sites for hydroxylation is 1. The maximum atomic E-state index is 9.11. The van der Waals surface area contributed by atoms with E-state index in [9.17, 15) is 0 Å². The molecule has 0 aromatic heterocycles. The van der Waals surface area contributed by atoms with Crippen LogP contribution < -0.4 is 5.32 Å². The second-order valence-corrected chi connectivity index (χ2v) is 4.90. The Kier molecular flexibility index (Phi) is 4.01. The highest BCUT2D eigenvalue weighted by Crippen LogP contribution is 2.24. The number of anilines is 2. The lowest BCUT2D eigenvalue weighted by atomic mass is 10.1. The Hall–Kier alpha value is -1.79. The summed E-state index contributed by atoms with van der Waals surface area (Å²) in [5, 5.41) is 12.4. The van der Waals surface area contributed by atoms with E-state index in [4.69, 9.17) is 5.26 Å². The van der Waals surface area contributed by atoms with Gasteiger partial charge in [0.05, 0.1) is 11.3 Å². The zero-order valence-corrected chi connectivity index (χ0v) is 11.7. The van der Waals surface area contributed by atoms with Gasteiger partial charge in [-0.25, -0.2) is 0 Å². The first-order valence-corrected chi connectivity index (χ1v) is 6.58. The van der Waals surface area contributed by atoms with E-state index in [1.165, 1.54) is 5.56 Å². The van der Waals surface area contributed by atoms with E-state index < -0.39 is 0 Å². The van der Waals surface area contributed by atoms with Gasteiger partial charge in [-0.3, -0.25) is 0 Å². The van der Waals surface area contributed by atoms with Crippen molar-refractivity contribution < 1.29 is 0 Å². The van der Waals surface area contributed by atoms with E-state index in [0.29, 0.717) is 5.56 Å². The van der Waals surface area contributed by atoms with Crippen LogP contribution in [0.2, 0.25) is 0 Å². The molecule has 0 aliphatic carbocycles. The third-order valence-electron chi connectivity index (χ3n) is 2.72. The van der Waals surface area contributed by atoms with Crippen LogP contribution in [-0.2, 0) is 6.42 Å². The highest BCUT2D eigenvalue weighted by atomic mass is 79.9. The molecule has 0 bridgehead atoms. The molecule has 2 rings (SSSR count). The predicted octanol–water partition coefficient (Wildman–Crippen LogP) is 4.63. The normalized spacial score (nSPS) is 9.83. The standard InChI is InChI=1S/C15H13BrN2/c1-2-11-4-3-5-14(8-11)18-15-7-6-13(16)9-12(15)10-17/h3-9,18H,2H2,1H3. The third-order valence-corrected chi connectivity index (χ3v) is 3.21. The Balaban J connectivity index is 2.31. The summed E-state index contributed by atoms with van der Waals surface area (Å²) >= 11 is 3.37. The van der Waals surface area contributed by atoms with Gasteiger partial charge in [-0.05, 0) is 42.3 Å². The molecule has 0 saturated heterocycles. The summed E-state index contributed by atoms with van der Waals surface area (Å²) in [7, 11) is 0. The number of rotatable bonds is 3. The number of hydrogen-bond acceptors (Lipinski definition) is 2. The SMILES string of the molecule is CCc1cccc(Nc2ccc(Br)cc2C#N)c1. The topological polar surface area (TPSA) is 35.8 Å². The Morgan fingerprint density at radius 2 is 2.06 bits per heavy atom. The Morgan fingerprint density at radius 3 is 2.78 bits per heavy atom. The fourth-order valence-corrected chi connectivity index (χ4v) is 2.10. The highest BCUT2D eigenvalue weighted by Gasteiger charge is 2.03. The number of nitriles is 1. The second kappa shape index (κ2) is 5.70. The summed E-state index contributed by atoms with van der Waals surface area (Å²) < 4.78 is 0.909. The minimum absolute atomic E-state index is 0.631. The molecule has 90 valence electrons. The van der Waals surface area contributed by atoms with Gasteiger partial charge in [-0.2, -0.15) is 5.26 Å². The maximum Gasteiger partial charge on any atom is 0.101 e. The minimum Gasteiger partial charge on any atom is -0.354 e. The van der Waals surface area contributed by atoms with Gasteiger partial charge >= 0.3 is 0 Å². The quantitative estimate of drug-likeness (QED) is 0.897. The fraction of sp³-hybridized carbons (Fsp3) is 0.133. The first kappa shape index (κ1) is 12.7. The predicted molar refractivity (Wildman–Crippen MR) is 78.0 cm³/mol. The lowest BCUT2D eigenvalue weighted by molar-refractivity contribution is 1.14. The molecule has 2 nitrogen and oxygen atoms in total. The monoisotopic (exact) mass is 300 g/mol. The van der Waals surface area contributed by atoms with Crippen molar-refractivity contribution in [2.45, 2.75) is 13.3 Å². The van der Waals surface area contributed by atoms with E-state index in [1.807, 2.05) is 30.3 Å². The van der Waals surface area contributed by atoms with Crippen molar-refractivity contribution in [2.24, 2.45) is 0 Å². The Bertz CT molecular complexity index is 600. The highest BCUT2D eigenvalue weighted by molar-refractivity contribution is 9.10. The number of nitrogens with one attached hydrogen (secondary N) is 1. The molecular weight excluding hydrogens is 288 g/mol. The zero-order valence-electron chi connectivity index (χ0n) is 10.1. The molecule has 2 aromatic carbocycles. The van der Waals surface area contributed by atoms with Crippen molar-refractivity contribution >= 4 is 27.3 Å². The molecule has 0 aliphatic rings. The van der Waals surface area contributed by atoms with Crippen LogP contribution in [0, 0.1) is 11.3 Å². The van der Waals surface area contributed by atoms with Gasteiger partial charge < -0.3 is 5.32 Å². The van der Waals surface area contributed by atoms with Crippen LogP contribution in [0.3, 0.4) is 0 Å². The van der Waals surface area contributed by atoms with E-state index in [1.54, 1.807) is 0 Å². The molecule has 0 spiro atoms. The first-order chi connectivity index (χ1) is 8.72. The van der Waals surface area contributed by atoms with Gasteiger partial charge in [0.2, 0.25) is 0 Å². The molecule has 0 radical (unpaired) electrons. The largest absolute Gasteiger partial charge is 0.354 e. The summed E-state index contributed by atoms with van der Waals surface area (Å²) in [6, 6.07) is 16.0. The van der Waals surface area contributed by atoms with Crippen molar-refractivity contribution in [3.05, 3.63) is 58.1 Å². The minimum atomic E-state index is 0.631. The van der Waals surface area contributed by atoms with Crippen molar-refractivity contribution in [1.29, 1.82) is 5.26 Å². The van der Waals surface area contributed by atoms with Crippen LogP contribution in [-0.4, -0.2) is 0 Å². The molecule has 0 unspecified atom stereocenters. The van der Waals surface area contributed by atoms with E-state index in [-0.39, 0.29) is 0 Å². The van der Waals surface area contributed by atoms with Gasteiger partial charge in [0.1, 0.15) is 6.07 Å². The fourth-order valence-electron chi connectivity index (χ4n) is 1.74. The lowest BCUT2D eigenvalue weighted by Crippen LogP contribution is -1.94. The lowest BCUT2D eigenvalue weighted by Gasteiger charge is -2.09. The third kappa shape index (κ3) is 2.91. The van der Waals surface area contributed by atoms with Crippen LogP contribution in [0.1, 0.15) is 18.1 Å². The number of nitrogens with zero attached hydrogens (tertiary/aromatic N) is 1. The van der Waals surface area contributed by atoms with Crippen LogP contribution in [0.4, 0.5) is 11.4 Å². The molecule has 18 heavy (non-hydrogen) atoms. The summed E-state index contributed by atoms with van der Waals surface area (Å²) in [4.78, 5) is 0. The molecule has 0 heterocycles. The Labute approximate surface area is 115 Å². The second-order valence-electron chi connectivity index (χ2n) is 3.98. The average Bonchev–Trinajstić information content (AvgIpc) is 2.41. The van der Waals surface area contributed by atoms with Gasteiger partial charge in [-0.1, -0.05) is 35.0 Å². The van der Waals surface area contributed by atoms with Crippen molar-refractivity contribution in [3.63, 3.8) is 0 Å². The summed E-state index contributed by atoms with van der Waals surface area (Å²) in [5.41, 5.74) is 3.74. The summed E-state index contributed by atoms with van der Waals surface area (Å²) in [6.45, 7) is 2.12. The number of hydrogen-bond donors (Lipinski definition) is 1. The van der Waals surface area contributed by atoms with Crippen LogP contribution >= 0.6 is 15.9 Å². The average molecular weight is 301 g/mol. The summed E-state index contributed by atoms with van der Waals surface area (Å²) in [6.07, 6.45) is 1.00. The molecule has 3 heteroatoms. The molecular formula is C15H13BrN2. The van der Waals surface area contributed by atoms with Crippen molar-refractivity contribution in [3.8, 4) is 6.07 Å². The number of benzene rings is 2. The molecule has 0 saturated carbocycles. The van der Waals surface area contributed by atoms with Gasteiger partial charge in [0.25, 0.3) is 0 Å². The molecule has 2 aromatic rings. The van der Waals surface area contributed by atoms with Crippen LogP contribution in [0.5, 0.6) is 0 Å². The molecule has 0 amide bonds. The van der Waals surface area contributed by atoms with Gasteiger partial charge in [0.15, 0.2) is 0 Å². The molecule has 0 fully saturated rings. The van der Waals surface area contributed by atoms with Gasteiger partial charge in [0, 0.05) is 10.2 Å². The molecule has 0 aliphatic heterocycles. The van der Waals surface area contributed by atoms with E-state index in [2.05, 4.69) is 46.4 Å². The van der Waals surface area contributed by atoms with Crippen molar-refractivity contribution in [2.75, 3.05) is 5.32 Å². The maximum absolute atomic E-state index is 9.11. The van der Waals surface area contributed by atoms with E-state index in [0.717, 1.165) is 22.3 Å². The number of halogens is 1. The summed E-state index contributed by atoms with van der Waals surface area (Å²) in [5.74, 6) is 0. The van der Waals surface area contributed by atoms with Crippen LogP contribution in [0.25, 0.3) is 0 Å². The first-order valence-electron chi connectivity index (χ1n) is 5.78. The molecule has 0 atom stereocenters. The zero-order chi connectivity index (χ0) is 13.0. The smallest absolute Gasteiger partial charge is 0.101 e. The van der Waals surface area contributed by atoms with Crippen LogP contribution in [0.15, 0.2) is 46.9 Å².